The number of carboxylic acid groups (broad SMARTS) is 1. The van der Waals surface area contributed by atoms with Gasteiger partial charge in [-0.25, -0.2) is 9.69 Å². The molecule has 1 aliphatic heterocycles. The molecule has 156 valence electrons. The SMILES string of the molecule is CCOc1ccccc1N1C(=O)SC(CC(=O)Nc2ccc(O)cc2C(=O)O)C1=O. The van der Waals surface area contributed by atoms with E-state index in [0.717, 1.165) is 22.7 Å². The average Bonchev–Trinajstić information content (AvgIpc) is 2.97. The zero-order chi connectivity index (χ0) is 21.8. The summed E-state index contributed by atoms with van der Waals surface area (Å²) < 4.78 is 5.48. The summed E-state index contributed by atoms with van der Waals surface area (Å²) in [5.41, 5.74) is -0.0147. The van der Waals surface area contributed by atoms with E-state index in [-0.39, 0.29) is 23.4 Å². The number of imide groups is 1. The second kappa shape index (κ2) is 8.87. The number of rotatable bonds is 7. The molecule has 0 saturated carbocycles. The van der Waals surface area contributed by atoms with Gasteiger partial charge in [0, 0.05) is 6.42 Å². The number of hydrogen-bond acceptors (Lipinski definition) is 7. The van der Waals surface area contributed by atoms with Gasteiger partial charge in [0.25, 0.3) is 5.24 Å². The monoisotopic (exact) mass is 430 g/mol. The molecule has 2 aromatic rings. The fraction of sp³-hybridized carbons (Fsp3) is 0.200. The summed E-state index contributed by atoms with van der Waals surface area (Å²) in [5.74, 6) is -2.41. The number of amides is 3. The highest BCUT2D eigenvalue weighted by Crippen LogP contribution is 2.38. The molecule has 0 aromatic heterocycles. The molecular formula is C20H18N2O7S. The summed E-state index contributed by atoms with van der Waals surface area (Å²) in [6.45, 7) is 2.13. The van der Waals surface area contributed by atoms with E-state index in [4.69, 9.17) is 4.74 Å². The first-order chi connectivity index (χ1) is 14.3. The van der Waals surface area contributed by atoms with Gasteiger partial charge in [0.15, 0.2) is 0 Å². The molecule has 1 aliphatic rings. The Morgan fingerprint density at radius 1 is 1.20 bits per heavy atom. The number of hydrogen-bond donors (Lipinski definition) is 3. The fourth-order valence-corrected chi connectivity index (χ4v) is 3.89. The molecule has 0 aliphatic carbocycles. The van der Waals surface area contributed by atoms with Crippen LogP contribution < -0.4 is 15.0 Å². The molecule has 3 amide bonds. The summed E-state index contributed by atoms with van der Waals surface area (Å²) >= 11 is 0.720. The third-order valence-corrected chi connectivity index (χ3v) is 5.24. The van der Waals surface area contributed by atoms with Gasteiger partial charge in [-0.15, -0.1) is 0 Å². The van der Waals surface area contributed by atoms with E-state index in [1.807, 2.05) is 0 Å². The van der Waals surface area contributed by atoms with Crippen LogP contribution in [0.15, 0.2) is 42.5 Å². The largest absolute Gasteiger partial charge is 0.508 e. The van der Waals surface area contributed by atoms with E-state index in [0.29, 0.717) is 18.0 Å². The molecule has 3 N–H and O–H groups in total. The molecule has 0 radical (unpaired) electrons. The van der Waals surface area contributed by atoms with Crippen molar-refractivity contribution in [3.05, 3.63) is 48.0 Å². The maximum Gasteiger partial charge on any atom is 0.337 e. The molecule has 9 nitrogen and oxygen atoms in total. The average molecular weight is 430 g/mol. The maximum absolute atomic E-state index is 12.8. The number of nitrogens with zero attached hydrogens (tertiary/aromatic N) is 1. The van der Waals surface area contributed by atoms with E-state index in [1.54, 1.807) is 31.2 Å². The van der Waals surface area contributed by atoms with Crippen LogP contribution in [0.4, 0.5) is 16.2 Å². The van der Waals surface area contributed by atoms with Crippen LogP contribution in [0, 0.1) is 0 Å². The molecule has 1 fully saturated rings. The van der Waals surface area contributed by atoms with Crippen molar-refractivity contribution in [2.45, 2.75) is 18.6 Å². The number of phenolic OH excluding ortho intramolecular Hbond substituents is 1. The lowest BCUT2D eigenvalue weighted by atomic mass is 10.1. The lowest BCUT2D eigenvalue weighted by molar-refractivity contribution is -0.121. The predicted octanol–water partition coefficient (Wildman–Crippen LogP) is 3.09. The van der Waals surface area contributed by atoms with Crippen molar-refractivity contribution in [1.29, 1.82) is 0 Å². The van der Waals surface area contributed by atoms with Gasteiger partial charge in [-0.1, -0.05) is 12.1 Å². The minimum Gasteiger partial charge on any atom is -0.508 e. The minimum atomic E-state index is -1.33. The third-order valence-electron chi connectivity index (χ3n) is 4.21. The third kappa shape index (κ3) is 4.38. The number of aromatic hydroxyl groups is 1. The number of carboxylic acids is 1. The molecule has 2 aromatic carbocycles. The zero-order valence-electron chi connectivity index (χ0n) is 15.8. The highest BCUT2D eigenvalue weighted by molar-refractivity contribution is 8.15. The number of phenols is 1. The lowest BCUT2D eigenvalue weighted by Crippen LogP contribution is -2.33. The van der Waals surface area contributed by atoms with Gasteiger partial charge in [0.05, 0.1) is 23.5 Å². The second-order valence-electron chi connectivity index (χ2n) is 6.23. The van der Waals surface area contributed by atoms with Gasteiger partial charge < -0.3 is 20.3 Å². The van der Waals surface area contributed by atoms with Gasteiger partial charge in [-0.2, -0.15) is 0 Å². The molecule has 1 heterocycles. The van der Waals surface area contributed by atoms with Crippen molar-refractivity contribution in [2.75, 3.05) is 16.8 Å². The molecule has 10 heteroatoms. The van der Waals surface area contributed by atoms with Crippen molar-refractivity contribution in [3.63, 3.8) is 0 Å². The Bertz CT molecular complexity index is 1020. The Balaban J connectivity index is 1.75. The standard InChI is InChI=1S/C20H18N2O7S/c1-2-29-15-6-4-3-5-14(15)22-18(25)16(30-20(22)28)10-17(24)21-13-8-7-11(23)9-12(13)19(26)27/h3-9,16,23H,2,10H2,1H3,(H,21,24)(H,26,27). The first-order valence-electron chi connectivity index (χ1n) is 8.94. The molecule has 0 spiro atoms. The van der Waals surface area contributed by atoms with Gasteiger partial charge in [0.1, 0.15) is 16.7 Å². The number of aromatic carboxylic acids is 1. The number of nitrogens with one attached hydrogen (secondary N) is 1. The van der Waals surface area contributed by atoms with Gasteiger partial charge in [0.2, 0.25) is 11.8 Å². The smallest absolute Gasteiger partial charge is 0.337 e. The van der Waals surface area contributed by atoms with Crippen LogP contribution in [-0.2, 0) is 9.59 Å². The van der Waals surface area contributed by atoms with E-state index in [1.165, 1.54) is 12.1 Å². The quantitative estimate of drug-likeness (QED) is 0.571. The molecule has 3 rings (SSSR count). The topological polar surface area (TPSA) is 133 Å². The Hall–Kier alpha value is -3.53. The van der Waals surface area contributed by atoms with Crippen LogP contribution in [0.25, 0.3) is 0 Å². The first-order valence-corrected chi connectivity index (χ1v) is 9.82. The number of ether oxygens (including phenoxy) is 1. The van der Waals surface area contributed by atoms with Crippen LogP contribution in [0.3, 0.4) is 0 Å². The van der Waals surface area contributed by atoms with Crippen molar-refractivity contribution >= 4 is 46.2 Å². The van der Waals surface area contributed by atoms with Crippen LogP contribution >= 0.6 is 11.8 Å². The maximum atomic E-state index is 12.8. The number of carbonyl (C=O) groups excluding carboxylic acids is 3. The van der Waals surface area contributed by atoms with Gasteiger partial charge >= 0.3 is 5.97 Å². The second-order valence-corrected chi connectivity index (χ2v) is 7.39. The summed E-state index contributed by atoms with van der Waals surface area (Å²) in [4.78, 5) is 49.9. The Kier molecular flexibility index (Phi) is 6.26. The Morgan fingerprint density at radius 2 is 1.93 bits per heavy atom. The lowest BCUT2D eigenvalue weighted by Gasteiger charge is -2.17. The summed E-state index contributed by atoms with van der Waals surface area (Å²) in [7, 11) is 0. The van der Waals surface area contributed by atoms with Crippen molar-refractivity contribution in [1.82, 2.24) is 0 Å². The summed E-state index contributed by atoms with van der Waals surface area (Å²) in [6.07, 6.45) is -0.331. The molecule has 0 bridgehead atoms. The minimum absolute atomic E-state index is 0.0226. The Morgan fingerprint density at radius 3 is 2.63 bits per heavy atom. The highest BCUT2D eigenvalue weighted by Gasteiger charge is 2.42. The fourth-order valence-electron chi connectivity index (χ4n) is 2.91. The molecule has 1 saturated heterocycles. The van der Waals surface area contributed by atoms with Crippen LogP contribution in [0.2, 0.25) is 0 Å². The predicted molar refractivity (Wildman–Crippen MR) is 110 cm³/mol. The number of para-hydroxylation sites is 2. The van der Waals surface area contributed by atoms with Gasteiger partial charge in [-0.05, 0) is 49.0 Å². The molecular weight excluding hydrogens is 412 g/mol. The van der Waals surface area contributed by atoms with Crippen LogP contribution in [0.1, 0.15) is 23.7 Å². The zero-order valence-corrected chi connectivity index (χ0v) is 16.6. The number of anilines is 2. The summed E-state index contributed by atoms with van der Waals surface area (Å²) in [6, 6.07) is 10.1. The number of thioether (sulfide) groups is 1. The number of carbonyl (C=O) groups is 4. The normalized spacial score (nSPS) is 15.9. The highest BCUT2D eigenvalue weighted by atomic mass is 32.2. The molecule has 1 atom stereocenters. The van der Waals surface area contributed by atoms with Crippen molar-refractivity contribution < 1.29 is 34.1 Å². The van der Waals surface area contributed by atoms with Crippen LogP contribution in [-0.4, -0.2) is 45.1 Å². The number of benzene rings is 2. The summed E-state index contributed by atoms with van der Waals surface area (Å²) in [5, 5.41) is 19.6. The molecule has 30 heavy (non-hydrogen) atoms. The van der Waals surface area contributed by atoms with Crippen LogP contribution in [0.5, 0.6) is 11.5 Å². The van der Waals surface area contributed by atoms with E-state index < -0.39 is 28.3 Å². The van der Waals surface area contributed by atoms with E-state index in [9.17, 15) is 29.4 Å². The van der Waals surface area contributed by atoms with E-state index >= 15 is 0 Å². The first kappa shape index (κ1) is 21.2. The van der Waals surface area contributed by atoms with Crippen molar-refractivity contribution in [3.8, 4) is 11.5 Å². The van der Waals surface area contributed by atoms with Gasteiger partial charge in [-0.3, -0.25) is 14.4 Å². The Labute approximate surface area is 175 Å². The van der Waals surface area contributed by atoms with E-state index in [2.05, 4.69) is 5.32 Å². The van der Waals surface area contributed by atoms with Crippen molar-refractivity contribution in [2.24, 2.45) is 0 Å². The molecule has 1 unspecified atom stereocenters.